The van der Waals surface area contributed by atoms with Crippen molar-refractivity contribution in [2.24, 2.45) is 0 Å². The van der Waals surface area contributed by atoms with Crippen LogP contribution in [-0.2, 0) is 9.59 Å². The molecule has 5 nitrogen and oxygen atoms in total. The number of carbonyl (C=O) groups excluding carboxylic acids is 1. The van der Waals surface area contributed by atoms with Crippen LogP contribution in [-0.4, -0.2) is 52.1 Å². The third-order valence-electron chi connectivity index (χ3n) is 2.24. The number of alkyl halides is 2. The Bertz CT molecular complexity index is 329. The van der Waals surface area contributed by atoms with Gasteiger partial charge in [-0.15, -0.1) is 0 Å². The Balaban J connectivity index is 2.72. The Morgan fingerprint density at radius 2 is 2.06 bits per heavy atom. The van der Waals surface area contributed by atoms with E-state index in [1.807, 2.05) is 0 Å². The van der Waals surface area contributed by atoms with Gasteiger partial charge in [0.05, 0.1) is 19.2 Å². The maximum absolute atomic E-state index is 12.9. The summed E-state index contributed by atoms with van der Waals surface area (Å²) in [4.78, 5) is 22.3. The van der Waals surface area contributed by atoms with Crippen LogP contribution in [0.3, 0.4) is 0 Å². The van der Waals surface area contributed by atoms with Gasteiger partial charge in [-0.3, -0.25) is 4.79 Å². The molecule has 0 saturated carbocycles. The van der Waals surface area contributed by atoms with Gasteiger partial charge in [-0.05, 0) is 0 Å². The lowest BCUT2D eigenvalue weighted by Gasteiger charge is -2.20. The zero-order valence-electron chi connectivity index (χ0n) is 8.27. The molecule has 0 aromatic heterocycles. The molecule has 1 aliphatic heterocycles. The van der Waals surface area contributed by atoms with E-state index in [1.165, 1.54) is 0 Å². The second-order valence-electron chi connectivity index (χ2n) is 3.53. The molecule has 0 bridgehead atoms. The van der Waals surface area contributed by atoms with E-state index in [0.717, 1.165) is 4.90 Å². The number of aliphatic hydroxyl groups is 1. The molecule has 0 aromatic rings. The summed E-state index contributed by atoms with van der Waals surface area (Å²) in [5.41, 5.74) is 0. The molecule has 7 heteroatoms. The summed E-state index contributed by atoms with van der Waals surface area (Å²) in [5, 5.41) is 17.1. The zero-order chi connectivity index (χ0) is 12.3. The number of rotatable bonds is 3. The van der Waals surface area contributed by atoms with Crippen molar-refractivity contribution in [2.45, 2.75) is 18.4 Å². The molecule has 2 N–H and O–H groups in total. The first-order chi connectivity index (χ1) is 7.35. The van der Waals surface area contributed by atoms with Gasteiger partial charge in [-0.2, -0.15) is 0 Å². The molecule has 1 heterocycles. The van der Waals surface area contributed by atoms with Gasteiger partial charge >= 0.3 is 5.97 Å². The number of likely N-dealkylation sites (tertiary alicyclic amines) is 1. The molecule has 1 rings (SSSR count). The monoisotopic (exact) mass is 235 g/mol. The normalized spacial score (nSPS) is 23.9. The van der Waals surface area contributed by atoms with Crippen molar-refractivity contribution in [2.75, 3.05) is 13.2 Å². The summed E-state index contributed by atoms with van der Waals surface area (Å²) in [6.07, 6.45) is 0.676. The smallest absolute Gasteiger partial charge is 0.328 e. The highest BCUT2D eigenvalue weighted by atomic mass is 19.3. The molecule has 1 fully saturated rings. The second-order valence-corrected chi connectivity index (χ2v) is 3.53. The van der Waals surface area contributed by atoms with Crippen molar-refractivity contribution in [1.82, 2.24) is 4.90 Å². The molecule has 0 unspecified atom stereocenters. The highest BCUT2D eigenvalue weighted by Gasteiger charge is 2.46. The molecule has 1 amide bonds. The number of amides is 1. The average Bonchev–Trinajstić information content (AvgIpc) is 2.50. The number of aliphatic carboxylic acids is 1. The first-order valence-electron chi connectivity index (χ1n) is 4.56. The van der Waals surface area contributed by atoms with Crippen molar-refractivity contribution in [3.05, 3.63) is 12.2 Å². The van der Waals surface area contributed by atoms with Gasteiger partial charge < -0.3 is 15.1 Å². The number of carboxylic acid groups (broad SMARTS) is 1. The highest BCUT2D eigenvalue weighted by Crippen LogP contribution is 2.31. The predicted octanol–water partition coefficient (Wildman–Crippen LogP) is -0.144. The fraction of sp³-hybridized carbons (Fsp3) is 0.556. The summed E-state index contributed by atoms with van der Waals surface area (Å²) >= 11 is 0. The molecule has 16 heavy (non-hydrogen) atoms. The van der Waals surface area contributed by atoms with E-state index in [4.69, 9.17) is 10.2 Å². The van der Waals surface area contributed by atoms with Gasteiger partial charge in [0.1, 0.15) is 0 Å². The van der Waals surface area contributed by atoms with E-state index < -0.39 is 43.4 Å². The lowest BCUT2D eigenvalue weighted by molar-refractivity contribution is -0.132. The molecule has 90 valence electrons. The minimum atomic E-state index is -3.03. The molecule has 0 spiro atoms. The van der Waals surface area contributed by atoms with Crippen LogP contribution in [0.4, 0.5) is 8.78 Å². The molecule has 0 radical (unpaired) electrons. The van der Waals surface area contributed by atoms with Crippen molar-refractivity contribution < 1.29 is 28.6 Å². The average molecular weight is 235 g/mol. The molecular weight excluding hydrogens is 224 g/mol. The van der Waals surface area contributed by atoms with Crippen LogP contribution in [0.1, 0.15) is 6.42 Å². The van der Waals surface area contributed by atoms with E-state index >= 15 is 0 Å². The maximum Gasteiger partial charge on any atom is 0.328 e. The highest BCUT2D eigenvalue weighted by molar-refractivity contribution is 5.94. The van der Waals surface area contributed by atoms with Crippen LogP contribution in [0.15, 0.2) is 12.2 Å². The SMILES string of the molecule is O=C(O)/C=C/C(=O)N1CC(F)(F)C[C@@H]1CO. The molecule has 1 saturated heterocycles. The zero-order valence-corrected chi connectivity index (χ0v) is 8.27. The Morgan fingerprint density at radius 3 is 2.56 bits per heavy atom. The molecule has 1 atom stereocenters. The molecule has 0 aliphatic carbocycles. The number of carbonyl (C=O) groups is 2. The number of carboxylic acids is 1. The standard InChI is InChI=1S/C9H11F2NO4/c10-9(11)3-6(4-13)12(5-9)7(14)1-2-8(15)16/h1-2,6,13H,3-5H2,(H,15,16)/b2-1+/t6-/m1/s1. The van der Waals surface area contributed by atoms with E-state index in [2.05, 4.69) is 0 Å². The molecule has 0 aromatic carbocycles. The third-order valence-corrected chi connectivity index (χ3v) is 2.24. The maximum atomic E-state index is 12.9. The molecular formula is C9H11F2NO4. The van der Waals surface area contributed by atoms with Gasteiger partial charge in [-0.1, -0.05) is 0 Å². The minimum Gasteiger partial charge on any atom is -0.478 e. The van der Waals surface area contributed by atoms with Crippen LogP contribution in [0.5, 0.6) is 0 Å². The van der Waals surface area contributed by atoms with Gasteiger partial charge in [0.25, 0.3) is 5.92 Å². The van der Waals surface area contributed by atoms with Gasteiger partial charge in [-0.25, -0.2) is 13.6 Å². The van der Waals surface area contributed by atoms with Crippen molar-refractivity contribution >= 4 is 11.9 Å². The first kappa shape index (κ1) is 12.6. The summed E-state index contributed by atoms with van der Waals surface area (Å²) in [5.74, 6) is -5.20. The lowest BCUT2D eigenvalue weighted by Crippen LogP contribution is -2.37. The largest absolute Gasteiger partial charge is 0.478 e. The van der Waals surface area contributed by atoms with Crippen LogP contribution in [0, 0.1) is 0 Å². The van der Waals surface area contributed by atoms with Crippen LogP contribution in [0.25, 0.3) is 0 Å². The predicted molar refractivity (Wildman–Crippen MR) is 48.9 cm³/mol. The quantitative estimate of drug-likeness (QED) is 0.667. The van der Waals surface area contributed by atoms with E-state index in [9.17, 15) is 18.4 Å². The molecule has 1 aliphatic rings. The fourth-order valence-corrected chi connectivity index (χ4v) is 1.56. The Morgan fingerprint density at radius 1 is 1.44 bits per heavy atom. The Kier molecular flexibility index (Phi) is 3.58. The van der Waals surface area contributed by atoms with Gasteiger partial charge in [0.15, 0.2) is 0 Å². The van der Waals surface area contributed by atoms with E-state index in [1.54, 1.807) is 0 Å². The summed E-state index contributed by atoms with van der Waals surface area (Å²) in [7, 11) is 0. The lowest BCUT2D eigenvalue weighted by atomic mass is 10.2. The Hall–Kier alpha value is -1.50. The second kappa shape index (κ2) is 4.56. The van der Waals surface area contributed by atoms with Crippen molar-refractivity contribution in [3.8, 4) is 0 Å². The van der Waals surface area contributed by atoms with Crippen molar-refractivity contribution in [1.29, 1.82) is 0 Å². The number of hydrogen-bond acceptors (Lipinski definition) is 3. The fourth-order valence-electron chi connectivity index (χ4n) is 1.56. The van der Waals surface area contributed by atoms with Crippen molar-refractivity contribution in [3.63, 3.8) is 0 Å². The number of halogens is 2. The summed E-state index contributed by atoms with van der Waals surface area (Å²) in [6, 6.07) is -0.957. The van der Waals surface area contributed by atoms with E-state index in [-0.39, 0.29) is 0 Å². The van der Waals surface area contributed by atoms with E-state index in [0.29, 0.717) is 12.2 Å². The van der Waals surface area contributed by atoms with Crippen LogP contribution in [0.2, 0.25) is 0 Å². The van der Waals surface area contributed by atoms with Gasteiger partial charge in [0.2, 0.25) is 5.91 Å². The third kappa shape index (κ3) is 2.99. The summed E-state index contributed by atoms with van der Waals surface area (Å²) in [6.45, 7) is -1.36. The number of hydrogen-bond donors (Lipinski definition) is 2. The topological polar surface area (TPSA) is 77.8 Å². The first-order valence-corrected chi connectivity index (χ1v) is 4.56. The van der Waals surface area contributed by atoms with Gasteiger partial charge in [0, 0.05) is 18.6 Å². The van der Waals surface area contributed by atoms with Crippen LogP contribution < -0.4 is 0 Å². The summed E-state index contributed by atoms with van der Waals surface area (Å²) < 4.78 is 25.9. The number of aliphatic hydroxyl groups excluding tert-OH is 1. The number of nitrogens with zero attached hydrogens (tertiary/aromatic N) is 1. The Labute approximate surface area is 90.0 Å². The minimum absolute atomic E-state index is 0.567. The van der Waals surface area contributed by atoms with Crippen LogP contribution >= 0.6 is 0 Å².